The molecule has 0 aliphatic carbocycles. The Labute approximate surface area is 186 Å². The molecule has 1 aliphatic heterocycles. The van der Waals surface area contributed by atoms with Gasteiger partial charge in [-0.05, 0) is 38.6 Å². The first-order chi connectivity index (χ1) is 15.3. The first-order valence-corrected chi connectivity index (χ1v) is 12.1. The lowest BCUT2D eigenvalue weighted by Crippen LogP contribution is -2.47. The third-order valence-electron chi connectivity index (χ3n) is 5.73. The van der Waals surface area contributed by atoms with Crippen LogP contribution in [0.3, 0.4) is 0 Å². The lowest BCUT2D eigenvalue weighted by atomic mass is 10.2. The number of imidazole rings is 1. The van der Waals surface area contributed by atoms with Crippen LogP contribution in [-0.4, -0.2) is 77.5 Å². The van der Waals surface area contributed by atoms with E-state index in [0.29, 0.717) is 55.2 Å². The van der Waals surface area contributed by atoms with Crippen LogP contribution in [0.4, 0.5) is 0 Å². The SMILES string of the molecule is CCCc1nc(C)c2c(=O)[nH]c(-c3ccc(OC)c(S(=O)(=O)N4CCN(C)CC4)c3)nn12. The number of ether oxygens (including phenoxy) is 1. The minimum Gasteiger partial charge on any atom is -0.495 e. The van der Waals surface area contributed by atoms with Crippen LogP contribution in [0.5, 0.6) is 5.75 Å². The molecule has 3 heterocycles. The minimum absolute atomic E-state index is 0.0559. The van der Waals surface area contributed by atoms with Gasteiger partial charge < -0.3 is 14.6 Å². The molecule has 0 radical (unpaired) electrons. The molecular weight excluding hydrogens is 432 g/mol. The van der Waals surface area contributed by atoms with Crippen LogP contribution < -0.4 is 10.3 Å². The van der Waals surface area contributed by atoms with Gasteiger partial charge in [-0.3, -0.25) is 4.79 Å². The van der Waals surface area contributed by atoms with Crippen LogP contribution in [0.2, 0.25) is 0 Å². The first kappa shape index (κ1) is 22.4. The lowest BCUT2D eigenvalue weighted by molar-refractivity contribution is 0.222. The van der Waals surface area contributed by atoms with E-state index in [1.165, 1.54) is 17.5 Å². The van der Waals surface area contributed by atoms with Gasteiger partial charge in [0.2, 0.25) is 10.0 Å². The maximum Gasteiger partial charge on any atom is 0.277 e. The summed E-state index contributed by atoms with van der Waals surface area (Å²) < 4.78 is 35.2. The highest BCUT2D eigenvalue weighted by Crippen LogP contribution is 2.31. The van der Waals surface area contributed by atoms with Crippen molar-refractivity contribution in [3.8, 4) is 17.1 Å². The molecular formula is C21H28N6O4S. The number of rotatable bonds is 6. The van der Waals surface area contributed by atoms with Crippen LogP contribution in [0.1, 0.15) is 24.9 Å². The van der Waals surface area contributed by atoms with E-state index in [1.807, 2.05) is 14.0 Å². The Kier molecular flexibility index (Phi) is 6.06. The molecule has 2 aromatic heterocycles. The van der Waals surface area contributed by atoms with E-state index in [2.05, 4.69) is 20.0 Å². The second-order valence-corrected chi connectivity index (χ2v) is 9.91. The standard InChI is InChI=1S/C21H28N6O4S/c1-5-6-18-22-14(2)19-21(28)23-20(24-27(18)19)15-7-8-16(31-4)17(13-15)32(29,30)26-11-9-25(3)10-12-26/h7-8,13H,5-6,9-12H2,1-4H3,(H,23,24,28). The van der Waals surface area contributed by atoms with Crippen LogP contribution >= 0.6 is 0 Å². The van der Waals surface area contributed by atoms with Crippen molar-refractivity contribution in [2.75, 3.05) is 40.3 Å². The van der Waals surface area contributed by atoms with Gasteiger partial charge in [-0.15, -0.1) is 5.10 Å². The quantitative estimate of drug-likeness (QED) is 0.590. The number of piperazine rings is 1. The van der Waals surface area contributed by atoms with Crippen molar-refractivity contribution >= 4 is 15.5 Å². The predicted molar refractivity (Wildman–Crippen MR) is 121 cm³/mol. The third kappa shape index (κ3) is 3.91. The van der Waals surface area contributed by atoms with E-state index in [4.69, 9.17) is 4.74 Å². The van der Waals surface area contributed by atoms with E-state index < -0.39 is 10.0 Å². The number of hydrogen-bond acceptors (Lipinski definition) is 7. The fraction of sp³-hybridized carbons (Fsp3) is 0.476. The zero-order chi connectivity index (χ0) is 23.0. The molecule has 1 aliphatic rings. The topological polar surface area (TPSA) is 113 Å². The van der Waals surface area contributed by atoms with Crippen LogP contribution in [0.25, 0.3) is 16.9 Å². The van der Waals surface area contributed by atoms with Crippen molar-refractivity contribution in [3.05, 3.63) is 40.1 Å². The Morgan fingerprint density at radius 3 is 2.56 bits per heavy atom. The molecule has 0 bridgehead atoms. The summed E-state index contributed by atoms with van der Waals surface area (Å²) in [6.07, 6.45) is 1.54. The summed E-state index contributed by atoms with van der Waals surface area (Å²) >= 11 is 0. The highest BCUT2D eigenvalue weighted by atomic mass is 32.2. The fourth-order valence-electron chi connectivity index (χ4n) is 3.94. The van der Waals surface area contributed by atoms with Crippen LogP contribution in [0.15, 0.2) is 27.9 Å². The van der Waals surface area contributed by atoms with Crippen LogP contribution in [-0.2, 0) is 16.4 Å². The van der Waals surface area contributed by atoms with Gasteiger partial charge >= 0.3 is 0 Å². The Balaban J connectivity index is 1.83. The summed E-state index contributed by atoms with van der Waals surface area (Å²) in [7, 11) is -0.375. The number of nitrogens with one attached hydrogen (secondary N) is 1. The Morgan fingerprint density at radius 1 is 1.19 bits per heavy atom. The Bertz CT molecular complexity index is 1310. The van der Waals surface area contributed by atoms with Crippen molar-refractivity contribution in [2.45, 2.75) is 31.6 Å². The van der Waals surface area contributed by atoms with Gasteiger partial charge in [-0.25, -0.2) is 17.9 Å². The van der Waals surface area contributed by atoms with E-state index in [-0.39, 0.29) is 22.0 Å². The molecule has 172 valence electrons. The molecule has 0 saturated carbocycles. The number of aromatic nitrogens is 4. The molecule has 3 aromatic rings. The molecule has 1 fully saturated rings. The molecule has 32 heavy (non-hydrogen) atoms. The fourth-order valence-corrected chi connectivity index (χ4v) is 5.55. The number of aromatic amines is 1. The van der Waals surface area contributed by atoms with Gasteiger partial charge in [0.1, 0.15) is 16.5 Å². The van der Waals surface area contributed by atoms with Gasteiger partial charge in [0.25, 0.3) is 5.56 Å². The number of likely N-dealkylation sites (N-methyl/N-ethyl adjacent to an activating group) is 1. The molecule has 11 heteroatoms. The zero-order valence-electron chi connectivity index (χ0n) is 18.8. The molecule has 0 unspecified atom stereocenters. The average Bonchev–Trinajstić information content (AvgIpc) is 3.09. The van der Waals surface area contributed by atoms with Crippen LogP contribution in [0, 0.1) is 6.92 Å². The summed E-state index contributed by atoms with van der Waals surface area (Å²) in [5.74, 6) is 1.22. The molecule has 1 N–H and O–H groups in total. The largest absolute Gasteiger partial charge is 0.495 e. The Morgan fingerprint density at radius 2 is 1.91 bits per heavy atom. The number of H-pyrrole nitrogens is 1. The zero-order valence-corrected chi connectivity index (χ0v) is 19.6. The summed E-state index contributed by atoms with van der Waals surface area (Å²) in [5.41, 5.74) is 1.17. The van der Waals surface area contributed by atoms with Crippen molar-refractivity contribution in [1.82, 2.24) is 28.8 Å². The summed E-state index contributed by atoms with van der Waals surface area (Å²) in [5, 5.41) is 4.59. The smallest absolute Gasteiger partial charge is 0.277 e. The van der Waals surface area contributed by atoms with Gasteiger partial charge in [-0.1, -0.05) is 6.92 Å². The number of methoxy groups -OCH3 is 1. The second-order valence-electron chi connectivity index (χ2n) is 8.00. The molecule has 0 spiro atoms. The molecule has 1 aromatic carbocycles. The summed E-state index contributed by atoms with van der Waals surface area (Å²) in [4.78, 5) is 22.2. The van der Waals surface area contributed by atoms with Crippen molar-refractivity contribution in [2.24, 2.45) is 0 Å². The lowest BCUT2D eigenvalue weighted by Gasteiger charge is -2.31. The van der Waals surface area contributed by atoms with E-state index in [1.54, 1.807) is 23.6 Å². The monoisotopic (exact) mass is 460 g/mol. The average molecular weight is 461 g/mol. The molecule has 4 rings (SSSR count). The van der Waals surface area contributed by atoms with Gasteiger partial charge in [0.05, 0.1) is 12.8 Å². The molecule has 1 saturated heterocycles. The van der Waals surface area contributed by atoms with Gasteiger partial charge in [0.15, 0.2) is 11.3 Å². The maximum absolute atomic E-state index is 13.4. The normalized spacial score (nSPS) is 16.0. The minimum atomic E-state index is -3.78. The number of aryl methyl sites for hydroxylation is 2. The second kappa shape index (κ2) is 8.64. The van der Waals surface area contributed by atoms with Crippen molar-refractivity contribution < 1.29 is 13.2 Å². The predicted octanol–water partition coefficient (Wildman–Crippen LogP) is 1.29. The Hall–Kier alpha value is -2.76. The van der Waals surface area contributed by atoms with E-state index in [0.717, 1.165) is 6.42 Å². The highest BCUT2D eigenvalue weighted by molar-refractivity contribution is 7.89. The van der Waals surface area contributed by atoms with E-state index in [9.17, 15) is 13.2 Å². The van der Waals surface area contributed by atoms with Crippen molar-refractivity contribution in [3.63, 3.8) is 0 Å². The highest BCUT2D eigenvalue weighted by Gasteiger charge is 2.30. The summed E-state index contributed by atoms with van der Waals surface area (Å²) in [6, 6.07) is 4.80. The molecule has 0 atom stereocenters. The van der Waals surface area contributed by atoms with Crippen molar-refractivity contribution in [1.29, 1.82) is 0 Å². The summed E-state index contributed by atoms with van der Waals surface area (Å²) in [6.45, 7) is 5.94. The molecule has 10 nitrogen and oxygen atoms in total. The number of sulfonamides is 1. The van der Waals surface area contributed by atoms with E-state index >= 15 is 0 Å². The third-order valence-corrected chi connectivity index (χ3v) is 7.65. The number of hydrogen-bond donors (Lipinski definition) is 1. The van der Waals surface area contributed by atoms with Gasteiger partial charge in [0, 0.05) is 38.2 Å². The first-order valence-electron chi connectivity index (χ1n) is 10.6. The number of fused-ring (bicyclic) bond motifs is 1. The maximum atomic E-state index is 13.4. The number of benzene rings is 1. The van der Waals surface area contributed by atoms with Gasteiger partial charge in [-0.2, -0.15) is 4.31 Å². The molecule has 0 amide bonds. The number of nitrogens with zero attached hydrogens (tertiary/aromatic N) is 5.